The number of nitrogens with zero attached hydrogens (tertiary/aromatic N) is 1. The van der Waals surface area contributed by atoms with Gasteiger partial charge in [-0.05, 0) is 0 Å². The van der Waals surface area contributed by atoms with E-state index in [1.165, 1.54) is 0 Å². The first kappa shape index (κ1) is 23.6. The van der Waals surface area contributed by atoms with Gasteiger partial charge in [-0.15, -0.1) is 0 Å². The van der Waals surface area contributed by atoms with E-state index in [1.54, 1.807) is 0 Å². The first-order valence-corrected chi connectivity index (χ1v) is 1.45. The van der Waals surface area contributed by atoms with E-state index in [9.17, 15) is 0 Å². The molecule has 6 heteroatoms. The van der Waals surface area contributed by atoms with Crippen molar-refractivity contribution in [2.45, 2.75) is 0 Å². The summed E-state index contributed by atoms with van der Waals surface area (Å²) in [6.45, 7) is 13.5. The third kappa shape index (κ3) is 905. The van der Waals surface area contributed by atoms with Crippen LogP contribution in [0.2, 0.25) is 0 Å². The maximum absolute atomic E-state index is 8.44. The number of rotatable bonds is 0. The first-order valence-electron chi connectivity index (χ1n) is 0.953. The molecule has 0 saturated heterocycles. The van der Waals surface area contributed by atoms with Crippen LogP contribution in [0.4, 0.5) is 0 Å². The molecule has 0 atom stereocenters. The Bertz CT molecular complexity index is 71.3. The van der Waals surface area contributed by atoms with Gasteiger partial charge in [-0.3, -0.25) is 0 Å². The second-order valence-corrected chi connectivity index (χ2v) is 0.266. The maximum atomic E-state index is 8.44. The summed E-state index contributed by atoms with van der Waals surface area (Å²) in [6.07, 6.45) is 0. The topological polar surface area (TPSA) is 95.1 Å². The molecule has 5 nitrogen and oxygen atoms in total. The van der Waals surface area contributed by atoms with Crippen LogP contribution < -0.4 is 0 Å². The predicted molar refractivity (Wildman–Crippen MR) is 17.6 cm³/mol. The Morgan fingerprint density at radius 2 is 1.00 bits per heavy atom. The van der Waals surface area contributed by atoms with Gasteiger partial charge in [0.25, 0.3) is 0 Å². The molecule has 0 heterocycles. The summed E-state index contributed by atoms with van der Waals surface area (Å²) in [6, 6.07) is 0. The SMILES string of the molecule is [C-]#[O+].[C-]#[O+].[C-]#[O+].[O-][N]=[Fe]. The molecular formula is C3FeNO4-. The molecule has 0 bridgehead atoms. The van der Waals surface area contributed by atoms with Gasteiger partial charge in [0.2, 0.25) is 0 Å². The Kier molecular flexibility index (Phi) is 3330. The zero-order chi connectivity index (χ0) is 8.71. The predicted octanol–water partition coefficient (Wildman–Crippen LogP) is 0.102. The zero-order valence-corrected chi connectivity index (χ0v) is 5.04. The van der Waals surface area contributed by atoms with E-state index in [0.717, 1.165) is 0 Å². The third-order valence-electron chi connectivity index (χ3n) is 0. The average Bonchev–Trinajstić information content (AvgIpc) is 2.01. The number of hydrogen-bond acceptors (Lipinski definition) is 2. The van der Waals surface area contributed by atoms with Crippen LogP contribution in [0.3, 0.4) is 0 Å². The van der Waals surface area contributed by atoms with Crippen molar-refractivity contribution in [2.24, 2.45) is 4.13 Å². The van der Waals surface area contributed by atoms with Gasteiger partial charge >= 0.3 is 59.1 Å². The van der Waals surface area contributed by atoms with Gasteiger partial charge in [-0.2, -0.15) is 0 Å². The van der Waals surface area contributed by atoms with Crippen molar-refractivity contribution in [1.29, 1.82) is 0 Å². The van der Waals surface area contributed by atoms with Gasteiger partial charge < -0.3 is 0 Å². The Balaban J connectivity index is -0.0000000190. The van der Waals surface area contributed by atoms with E-state index < -0.39 is 0 Å². The standard InChI is InChI=1S/3CO.Fe.NO/c3*1-2;;1-2/q;;;;-1. The van der Waals surface area contributed by atoms with Crippen LogP contribution in [0.5, 0.6) is 0 Å². The molecule has 0 radical (unpaired) electrons. The van der Waals surface area contributed by atoms with Crippen molar-refractivity contribution in [3.8, 4) is 0 Å². The van der Waals surface area contributed by atoms with Crippen LogP contribution in [0.1, 0.15) is 0 Å². The summed E-state index contributed by atoms with van der Waals surface area (Å²) in [5.41, 5.74) is 0. The molecule has 0 aromatic heterocycles. The molecule has 0 aromatic rings. The second-order valence-electron chi connectivity index (χ2n) is 0.0645. The van der Waals surface area contributed by atoms with E-state index >= 15 is 0 Å². The molecule has 0 amide bonds. The minimum atomic E-state index is 2.00. The van der Waals surface area contributed by atoms with Crippen molar-refractivity contribution in [3.05, 3.63) is 25.2 Å². The molecule has 0 fully saturated rings. The van der Waals surface area contributed by atoms with E-state index in [2.05, 4.69) is 35.8 Å². The van der Waals surface area contributed by atoms with Crippen LogP contribution in [0, 0.1) is 25.2 Å². The van der Waals surface area contributed by atoms with Gasteiger partial charge in [0, 0.05) is 0 Å². The summed E-state index contributed by atoms with van der Waals surface area (Å²) in [5.74, 6) is 0. The zero-order valence-electron chi connectivity index (χ0n) is 3.93. The Labute approximate surface area is 59.8 Å². The fourth-order valence-corrected chi connectivity index (χ4v) is 0. The van der Waals surface area contributed by atoms with Gasteiger partial charge in [0.1, 0.15) is 0 Å². The molecule has 0 rings (SSSR count). The third-order valence-corrected chi connectivity index (χ3v) is 0. The summed E-state index contributed by atoms with van der Waals surface area (Å²) in [4.78, 5) is 0. The molecule has 0 N–H and O–H groups in total. The Hall–Kier alpha value is -0.501. The van der Waals surface area contributed by atoms with E-state index in [1.807, 2.05) is 4.13 Å². The Morgan fingerprint density at radius 1 is 1.00 bits per heavy atom. The van der Waals surface area contributed by atoms with Gasteiger partial charge in [0.15, 0.2) is 0 Å². The fourth-order valence-electron chi connectivity index (χ4n) is 0. The van der Waals surface area contributed by atoms with Crippen molar-refractivity contribution in [3.63, 3.8) is 0 Å². The fraction of sp³-hybridized carbons (Fsp3) is 0. The van der Waals surface area contributed by atoms with Crippen LogP contribution in [0.25, 0.3) is 0 Å². The number of hydrogen-bond donors (Lipinski definition) is 0. The summed E-state index contributed by atoms with van der Waals surface area (Å²) < 4.78 is 24.5. The van der Waals surface area contributed by atoms with Gasteiger partial charge in [-0.25, -0.2) is 0 Å². The molecule has 0 aromatic carbocycles. The van der Waals surface area contributed by atoms with Crippen LogP contribution in [0.15, 0.2) is 4.13 Å². The molecule has 0 aliphatic carbocycles. The monoisotopic (exact) mass is 170 g/mol. The van der Waals surface area contributed by atoms with Gasteiger partial charge in [0.05, 0.1) is 0 Å². The van der Waals surface area contributed by atoms with Crippen molar-refractivity contribution in [1.82, 2.24) is 0 Å². The molecular weight excluding hydrogens is 170 g/mol. The molecule has 50 valence electrons. The summed E-state index contributed by atoms with van der Waals surface area (Å²) in [7, 11) is 0. The average molecular weight is 170 g/mol. The molecule has 0 aliphatic heterocycles. The van der Waals surface area contributed by atoms with E-state index in [0.29, 0.717) is 0 Å². The van der Waals surface area contributed by atoms with Crippen LogP contribution in [-0.2, 0) is 29.8 Å². The van der Waals surface area contributed by atoms with Crippen molar-refractivity contribution >= 4 is 0 Å². The van der Waals surface area contributed by atoms with Crippen LogP contribution in [-0.4, -0.2) is 0 Å². The normalized spacial score (nSPS) is 2.22. The first-order chi connectivity index (χ1) is 4.41. The summed E-state index contributed by atoms with van der Waals surface area (Å²) in [5, 5.41) is 8.44. The van der Waals surface area contributed by atoms with Crippen molar-refractivity contribution < 1.29 is 29.8 Å². The Morgan fingerprint density at radius 3 is 1.00 bits per heavy atom. The van der Waals surface area contributed by atoms with E-state index in [4.69, 9.17) is 19.2 Å². The molecule has 0 saturated carbocycles. The molecule has 0 spiro atoms. The quantitative estimate of drug-likeness (QED) is 0.219. The van der Waals surface area contributed by atoms with Crippen LogP contribution >= 0.6 is 0 Å². The van der Waals surface area contributed by atoms with Gasteiger partial charge in [-0.1, -0.05) is 0 Å². The minimum absolute atomic E-state index is 2.00. The van der Waals surface area contributed by atoms with Crippen molar-refractivity contribution in [2.75, 3.05) is 0 Å². The van der Waals surface area contributed by atoms with E-state index in [-0.39, 0.29) is 0 Å². The molecule has 0 unspecified atom stereocenters. The molecule has 9 heavy (non-hydrogen) atoms. The second kappa shape index (κ2) is 1270. The summed E-state index contributed by atoms with van der Waals surface area (Å²) >= 11 is 2.56. The molecule has 0 aliphatic rings.